The lowest BCUT2D eigenvalue weighted by atomic mass is 10.0. The van der Waals surface area contributed by atoms with Crippen molar-refractivity contribution in [2.24, 2.45) is 0 Å². The number of halogens is 1. The van der Waals surface area contributed by atoms with Gasteiger partial charge in [-0.1, -0.05) is 30.5 Å². The van der Waals surface area contributed by atoms with E-state index in [0.29, 0.717) is 56.2 Å². The Labute approximate surface area is 177 Å². The number of carbonyl (C=O) groups is 1. The average molecular weight is 426 g/mol. The molecule has 1 aliphatic heterocycles. The molecule has 0 fully saturated rings. The maximum absolute atomic E-state index is 13.4. The van der Waals surface area contributed by atoms with Crippen molar-refractivity contribution in [2.45, 2.75) is 32.2 Å². The predicted molar refractivity (Wildman–Crippen MR) is 114 cm³/mol. The number of aliphatic hydroxyl groups excluding tert-OH is 1. The third-order valence-electron chi connectivity index (χ3n) is 5.76. The van der Waals surface area contributed by atoms with Crippen LogP contribution in [-0.4, -0.2) is 28.9 Å². The van der Waals surface area contributed by atoms with Gasteiger partial charge in [0.25, 0.3) is 5.56 Å². The molecular weight excluding hydrogens is 406 g/mol. The SMILES string of the molecule is O=C1c2cc3c(cc2-c2c1c1ccc(Cl)cc1c(=O)n2CCCCCCO)OCO3. The van der Waals surface area contributed by atoms with Crippen LogP contribution in [0.2, 0.25) is 5.02 Å². The second-order valence-corrected chi connectivity index (χ2v) is 8.02. The molecule has 0 radical (unpaired) electrons. The number of rotatable bonds is 6. The second-order valence-electron chi connectivity index (χ2n) is 7.59. The molecule has 2 heterocycles. The Bertz CT molecular complexity index is 1250. The summed E-state index contributed by atoms with van der Waals surface area (Å²) in [6, 6.07) is 8.58. The Morgan fingerprint density at radius 1 is 0.933 bits per heavy atom. The van der Waals surface area contributed by atoms with E-state index in [1.54, 1.807) is 34.9 Å². The Morgan fingerprint density at radius 2 is 1.67 bits per heavy atom. The van der Waals surface area contributed by atoms with Crippen molar-refractivity contribution in [3.05, 3.63) is 56.8 Å². The molecule has 30 heavy (non-hydrogen) atoms. The highest BCUT2D eigenvalue weighted by molar-refractivity contribution is 6.32. The Balaban J connectivity index is 1.71. The minimum absolute atomic E-state index is 0.118. The second kappa shape index (κ2) is 7.45. The third-order valence-corrected chi connectivity index (χ3v) is 6.00. The van der Waals surface area contributed by atoms with Crippen LogP contribution in [0.5, 0.6) is 11.5 Å². The van der Waals surface area contributed by atoms with Crippen molar-refractivity contribution in [2.75, 3.05) is 13.4 Å². The molecule has 6 nitrogen and oxygen atoms in total. The number of nitrogens with zero attached hydrogens (tertiary/aromatic N) is 1. The van der Waals surface area contributed by atoms with Crippen LogP contribution in [-0.2, 0) is 6.54 Å². The Morgan fingerprint density at radius 3 is 2.43 bits per heavy atom. The summed E-state index contributed by atoms with van der Waals surface area (Å²) in [6.45, 7) is 0.766. The first-order valence-electron chi connectivity index (χ1n) is 10.1. The average Bonchev–Trinajstić information content (AvgIpc) is 3.31. The Hall–Kier alpha value is -2.83. The van der Waals surface area contributed by atoms with E-state index >= 15 is 0 Å². The largest absolute Gasteiger partial charge is 0.454 e. The highest BCUT2D eigenvalue weighted by Crippen LogP contribution is 2.45. The van der Waals surface area contributed by atoms with Gasteiger partial charge in [0.2, 0.25) is 6.79 Å². The topological polar surface area (TPSA) is 77.8 Å². The van der Waals surface area contributed by atoms with Crippen molar-refractivity contribution >= 4 is 28.2 Å². The van der Waals surface area contributed by atoms with Crippen LogP contribution in [0.15, 0.2) is 35.1 Å². The molecule has 1 aromatic heterocycles. The monoisotopic (exact) mass is 425 g/mol. The maximum atomic E-state index is 13.4. The van der Waals surface area contributed by atoms with Gasteiger partial charge in [0, 0.05) is 40.1 Å². The molecule has 0 atom stereocenters. The van der Waals surface area contributed by atoms with E-state index in [1.165, 1.54) is 0 Å². The molecule has 0 saturated heterocycles. The Kier molecular flexibility index (Phi) is 4.76. The summed E-state index contributed by atoms with van der Waals surface area (Å²) >= 11 is 6.16. The van der Waals surface area contributed by atoms with Crippen LogP contribution in [0.4, 0.5) is 0 Å². The van der Waals surface area contributed by atoms with Crippen LogP contribution < -0.4 is 15.0 Å². The van der Waals surface area contributed by atoms with Gasteiger partial charge in [0.1, 0.15) is 0 Å². The summed E-state index contributed by atoms with van der Waals surface area (Å²) in [4.78, 5) is 26.8. The van der Waals surface area contributed by atoms with E-state index in [2.05, 4.69) is 0 Å². The summed E-state index contributed by atoms with van der Waals surface area (Å²) in [6.07, 6.45) is 3.29. The number of aromatic nitrogens is 1. The molecule has 0 saturated carbocycles. The number of fused-ring (bicyclic) bond motifs is 6. The van der Waals surface area contributed by atoms with Crippen molar-refractivity contribution in [1.29, 1.82) is 0 Å². The van der Waals surface area contributed by atoms with E-state index in [4.69, 9.17) is 26.2 Å². The number of hydrogen-bond donors (Lipinski definition) is 1. The van der Waals surface area contributed by atoms with Gasteiger partial charge in [0.15, 0.2) is 17.3 Å². The van der Waals surface area contributed by atoms with Crippen molar-refractivity contribution < 1.29 is 19.4 Å². The minimum Gasteiger partial charge on any atom is -0.454 e. The zero-order chi connectivity index (χ0) is 20.8. The van der Waals surface area contributed by atoms with Crippen molar-refractivity contribution in [1.82, 2.24) is 4.57 Å². The molecule has 0 bridgehead atoms. The zero-order valence-corrected chi connectivity index (χ0v) is 17.0. The van der Waals surface area contributed by atoms with E-state index in [-0.39, 0.29) is 24.7 Å². The molecule has 0 spiro atoms. The highest BCUT2D eigenvalue weighted by Gasteiger charge is 2.35. The zero-order valence-electron chi connectivity index (χ0n) is 16.2. The number of pyridine rings is 1. The third kappa shape index (κ3) is 2.90. The molecule has 2 aromatic carbocycles. The van der Waals surface area contributed by atoms with Crippen molar-refractivity contribution in [3.63, 3.8) is 0 Å². The fourth-order valence-corrected chi connectivity index (χ4v) is 4.51. The molecule has 154 valence electrons. The summed E-state index contributed by atoms with van der Waals surface area (Å²) in [5.74, 6) is 0.993. The molecule has 1 aliphatic carbocycles. The van der Waals surface area contributed by atoms with Crippen LogP contribution in [0.25, 0.3) is 22.0 Å². The quantitative estimate of drug-likeness (QED) is 0.469. The van der Waals surface area contributed by atoms with Gasteiger partial charge in [-0.2, -0.15) is 0 Å². The first kappa shape index (κ1) is 19.2. The van der Waals surface area contributed by atoms with Crippen LogP contribution in [0.3, 0.4) is 0 Å². The standard InChI is InChI=1S/C23H20ClNO5/c24-13-5-6-14-17(9-13)23(28)25(7-3-1-2-4-8-26)21-15-10-18-19(30-12-29-18)11-16(15)22(27)20(14)21/h5-6,9-11,26H,1-4,7-8,12H2. The van der Waals surface area contributed by atoms with Gasteiger partial charge in [0.05, 0.1) is 11.3 Å². The molecule has 7 heteroatoms. The smallest absolute Gasteiger partial charge is 0.258 e. The number of aliphatic hydroxyl groups is 1. The minimum atomic E-state index is -0.160. The number of hydrogen-bond acceptors (Lipinski definition) is 5. The molecule has 5 rings (SSSR count). The van der Waals surface area contributed by atoms with Crippen LogP contribution in [0.1, 0.15) is 41.6 Å². The van der Waals surface area contributed by atoms with E-state index < -0.39 is 0 Å². The summed E-state index contributed by atoms with van der Waals surface area (Å²) in [7, 11) is 0. The molecule has 1 N–H and O–H groups in total. The van der Waals surface area contributed by atoms with Gasteiger partial charge in [-0.25, -0.2) is 0 Å². The predicted octanol–water partition coefficient (Wildman–Crippen LogP) is 4.15. The van der Waals surface area contributed by atoms with Crippen molar-refractivity contribution in [3.8, 4) is 22.8 Å². The lowest BCUT2D eigenvalue weighted by molar-refractivity contribution is 0.104. The van der Waals surface area contributed by atoms with Crippen LogP contribution >= 0.6 is 11.6 Å². The lowest BCUT2D eigenvalue weighted by Crippen LogP contribution is -2.23. The number of unbranched alkanes of at least 4 members (excludes halogenated alkanes) is 3. The normalized spacial score (nSPS) is 13.7. The van der Waals surface area contributed by atoms with Gasteiger partial charge in [-0.15, -0.1) is 0 Å². The first-order valence-corrected chi connectivity index (χ1v) is 10.4. The number of ether oxygens (including phenoxy) is 2. The van der Waals surface area contributed by atoms with Crippen LogP contribution in [0, 0.1) is 0 Å². The summed E-state index contributed by atoms with van der Waals surface area (Å²) < 4.78 is 12.7. The van der Waals surface area contributed by atoms with E-state index in [0.717, 1.165) is 25.7 Å². The molecule has 3 aromatic rings. The van der Waals surface area contributed by atoms with E-state index in [1.807, 2.05) is 0 Å². The van der Waals surface area contributed by atoms with Gasteiger partial charge in [-0.05, 0) is 37.1 Å². The fraction of sp³-hybridized carbons (Fsp3) is 0.304. The molecular formula is C23H20ClNO5. The van der Waals surface area contributed by atoms with Gasteiger partial charge >= 0.3 is 0 Å². The highest BCUT2D eigenvalue weighted by atomic mass is 35.5. The molecule has 0 unspecified atom stereocenters. The summed E-state index contributed by atoms with van der Waals surface area (Å²) in [5, 5.41) is 10.5. The maximum Gasteiger partial charge on any atom is 0.258 e. The molecule has 2 aliphatic rings. The van der Waals surface area contributed by atoms with E-state index in [9.17, 15) is 9.59 Å². The first-order chi connectivity index (χ1) is 14.6. The number of benzene rings is 2. The number of carbonyl (C=O) groups excluding carboxylic acids is 1. The van der Waals surface area contributed by atoms with Gasteiger partial charge < -0.3 is 19.1 Å². The van der Waals surface area contributed by atoms with Gasteiger partial charge in [-0.3, -0.25) is 9.59 Å². The summed E-state index contributed by atoms with van der Waals surface area (Å²) in [5.41, 5.74) is 2.21. The lowest BCUT2D eigenvalue weighted by Gasteiger charge is -2.15. The number of ketones is 1. The molecule has 0 amide bonds. The fourth-order valence-electron chi connectivity index (χ4n) is 4.34.